The number of hydrogen-bond acceptors (Lipinski definition) is 3. The smallest absolute Gasteiger partial charge is 0.0991 e. The van der Waals surface area contributed by atoms with Gasteiger partial charge in [-0.1, -0.05) is 19.1 Å². The number of pyridine rings is 1. The van der Waals surface area contributed by atoms with E-state index >= 15 is 0 Å². The molecule has 0 aliphatic rings. The van der Waals surface area contributed by atoms with E-state index < -0.39 is 0 Å². The van der Waals surface area contributed by atoms with E-state index in [9.17, 15) is 0 Å². The van der Waals surface area contributed by atoms with Crippen LogP contribution in [0.15, 0.2) is 42.7 Å². The molecule has 1 heterocycles. The molecule has 0 fully saturated rings. The summed E-state index contributed by atoms with van der Waals surface area (Å²) < 4.78 is 0. The molecular weight excluding hydrogens is 234 g/mol. The highest BCUT2D eigenvalue weighted by Gasteiger charge is 2.01. The second kappa shape index (κ2) is 6.67. The predicted octanol–water partition coefficient (Wildman–Crippen LogP) is 3.12. The van der Waals surface area contributed by atoms with Crippen molar-refractivity contribution in [3.05, 3.63) is 53.9 Å². The minimum atomic E-state index is 0.673. The zero-order chi connectivity index (χ0) is 13.5. The van der Waals surface area contributed by atoms with Crippen molar-refractivity contribution >= 4 is 0 Å². The number of nitriles is 1. The van der Waals surface area contributed by atoms with E-state index in [0.29, 0.717) is 5.56 Å². The fraction of sp³-hybridized carbons (Fsp3) is 0.250. The third-order valence-electron chi connectivity index (χ3n) is 2.88. The first-order valence-corrected chi connectivity index (χ1v) is 6.48. The number of hydrogen-bond donors (Lipinski definition) is 1. The van der Waals surface area contributed by atoms with Crippen LogP contribution in [0.1, 0.15) is 24.5 Å². The summed E-state index contributed by atoms with van der Waals surface area (Å²) in [6.45, 7) is 3.98. The van der Waals surface area contributed by atoms with Crippen molar-refractivity contribution in [2.24, 2.45) is 0 Å². The van der Waals surface area contributed by atoms with Gasteiger partial charge >= 0.3 is 0 Å². The van der Waals surface area contributed by atoms with Gasteiger partial charge in [0.2, 0.25) is 0 Å². The van der Waals surface area contributed by atoms with E-state index in [1.165, 1.54) is 0 Å². The van der Waals surface area contributed by atoms with Crippen LogP contribution in [-0.4, -0.2) is 11.5 Å². The average molecular weight is 251 g/mol. The monoisotopic (exact) mass is 251 g/mol. The first-order chi connectivity index (χ1) is 9.33. The maximum Gasteiger partial charge on any atom is 0.0991 e. The van der Waals surface area contributed by atoms with Gasteiger partial charge in [-0.25, -0.2) is 0 Å². The van der Waals surface area contributed by atoms with E-state index in [0.717, 1.165) is 36.2 Å². The molecule has 3 heteroatoms. The lowest BCUT2D eigenvalue weighted by Gasteiger charge is -2.06. The summed E-state index contributed by atoms with van der Waals surface area (Å²) in [4.78, 5) is 4.27. The Labute approximate surface area is 113 Å². The fourth-order valence-electron chi connectivity index (χ4n) is 1.92. The van der Waals surface area contributed by atoms with E-state index in [2.05, 4.69) is 29.4 Å². The van der Waals surface area contributed by atoms with Gasteiger partial charge in [0, 0.05) is 24.5 Å². The van der Waals surface area contributed by atoms with Gasteiger partial charge in [0.1, 0.15) is 0 Å². The van der Waals surface area contributed by atoms with Crippen molar-refractivity contribution in [1.82, 2.24) is 10.3 Å². The number of benzene rings is 1. The molecule has 1 aromatic heterocycles. The third-order valence-corrected chi connectivity index (χ3v) is 2.88. The zero-order valence-electron chi connectivity index (χ0n) is 11.1. The molecule has 2 aromatic rings. The molecule has 0 saturated carbocycles. The van der Waals surface area contributed by atoms with Crippen LogP contribution in [0.2, 0.25) is 0 Å². The SMILES string of the molecule is CCCNCc1cncc(-c2cccc(C#N)c2)c1. The molecule has 3 nitrogen and oxygen atoms in total. The Morgan fingerprint density at radius 2 is 2.11 bits per heavy atom. The van der Waals surface area contributed by atoms with Crippen LogP contribution in [0.25, 0.3) is 11.1 Å². The van der Waals surface area contributed by atoms with E-state index in [1.54, 1.807) is 0 Å². The molecule has 96 valence electrons. The van der Waals surface area contributed by atoms with Gasteiger partial charge in [0.25, 0.3) is 0 Å². The molecule has 0 bridgehead atoms. The van der Waals surface area contributed by atoms with Crippen LogP contribution >= 0.6 is 0 Å². The Kier molecular flexibility index (Phi) is 4.66. The van der Waals surface area contributed by atoms with E-state index in [4.69, 9.17) is 5.26 Å². The Morgan fingerprint density at radius 1 is 1.21 bits per heavy atom. The molecule has 0 aliphatic heterocycles. The van der Waals surface area contributed by atoms with Gasteiger partial charge < -0.3 is 5.32 Å². The minimum absolute atomic E-state index is 0.673. The summed E-state index contributed by atoms with van der Waals surface area (Å²) in [6.07, 6.45) is 4.83. The fourth-order valence-corrected chi connectivity index (χ4v) is 1.92. The molecule has 0 unspecified atom stereocenters. The molecule has 19 heavy (non-hydrogen) atoms. The van der Waals surface area contributed by atoms with Gasteiger partial charge in [-0.15, -0.1) is 0 Å². The van der Waals surface area contributed by atoms with Gasteiger partial charge in [-0.2, -0.15) is 5.26 Å². The van der Waals surface area contributed by atoms with Crippen LogP contribution in [0.5, 0.6) is 0 Å². The number of rotatable bonds is 5. The first-order valence-electron chi connectivity index (χ1n) is 6.48. The lowest BCUT2D eigenvalue weighted by Crippen LogP contribution is -2.13. The molecule has 0 aliphatic carbocycles. The summed E-state index contributed by atoms with van der Waals surface area (Å²) in [5, 5.41) is 12.3. The Bertz CT molecular complexity index is 585. The lowest BCUT2D eigenvalue weighted by atomic mass is 10.0. The van der Waals surface area contributed by atoms with Crippen LogP contribution in [0, 0.1) is 11.3 Å². The normalized spacial score (nSPS) is 10.1. The van der Waals surface area contributed by atoms with E-state index in [-0.39, 0.29) is 0 Å². The van der Waals surface area contributed by atoms with Crippen LogP contribution < -0.4 is 5.32 Å². The highest BCUT2D eigenvalue weighted by molar-refractivity contribution is 5.64. The van der Waals surface area contributed by atoms with Crippen molar-refractivity contribution in [2.45, 2.75) is 19.9 Å². The van der Waals surface area contributed by atoms with Crippen molar-refractivity contribution < 1.29 is 0 Å². The molecule has 1 aromatic carbocycles. The van der Waals surface area contributed by atoms with Gasteiger partial charge in [0.05, 0.1) is 11.6 Å². The van der Waals surface area contributed by atoms with Crippen molar-refractivity contribution in [3.63, 3.8) is 0 Å². The second-order valence-corrected chi connectivity index (χ2v) is 4.45. The Morgan fingerprint density at radius 3 is 2.89 bits per heavy atom. The lowest BCUT2D eigenvalue weighted by molar-refractivity contribution is 0.674. The topological polar surface area (TPSA) is 48.7 Å². The quantitative estimate of drug-likeness (QED) is 0.831. The number of aromatic nitrogens is 1. The van der Waals surface area contributed by atoms with Gasteiger partial charge in [-0.3, -0.25) is 4.98 Å². The van der Waals surface area contributed by atoms with Gasteiger partial charge in [-0.05, 0) is 42.3 Å². The Balaban J connectivity index is 2.20. The summed E-state index contributed by atoms with van der Waals surface area (Å²) in [7, 11) is 0. The highest BCUT2D eigenvalue weighted by atomic mass is 14.8. The third kappa shape index (κ3) is 3.64. The summed E-state index contributed by atoms with van der Waals surface area (Å²) in [5.74, 6) is 0. The second-order valence-electron chi connectivity index (χ2n) is 4.45. The molecule has 2 rings (SSSR count). The molecule has 0 radical (unpaired) electrons. The minimum Gasteiger partial charge on any atom is -0.313 e. The number of nitrogens with one attached hydrogen (secondary N) is 1. The van der Waals surface area contributed by atoms with Crippen molar-refractivity contribution in [2.75, 3.05) is 6.54 Å². The predicted molar refractivity (Wildman–Crippen MR) is 76.4 cm³/mol. The Hall–Kier alpha value is -2.18. The standard InChI is InChI=1S/C16H17N3/c1-2-6-18-10-14-8-16(12-19-11-14)15-5-3-4-13(7-15)9-17/h3-5,7-8,11-12,18H,2,6,10H2,1H3. The highest BCUT2D eigenvalue weighted by Crippen LogP contribution is 2.20. The average Bonchev–Trinajstić information content (AvgIpc) is 2.48. The van der Waals surface area contributed by atoms with Gasteiger partial charge in [0.15, 0.2) is 0 Å². The van der Waals surface area contributed by atoms with Crippen LogP contribution in [-0.2, 0) is 6.54 Å². The van der Waals surface area contributed by atoms with Crippen LogP contribution in [0.3, 0.4) is 0 Å². The summed E-state index contributed by atoms with van der Waals surface area (Å²) >= 11 is 0. The summed E-state index contributed by atoms with van der Waals surface area (Å²) in [6, 6.07) is 11.9. The largest absolute Gasteiger partial charge is 0.313 e. The zero-order valence-corrected chi connectivity index (χ0v) is 11.1. The molecule has 0 atom stereocenters. The van der Waals surface area contributed by atoms with E-state index in [1.807, 2.05) is 36.7 Å². The van der Waals surface area contributed by atoms with Crippen molar-refractivity contribution in [3.8, 4) is 17.2 Å². The van der Waals surface area contributed by atoms with Crippen LogP contribution in [0.4, 0.5) is 0 Å². The molecule has 0 saturated heterocycles. The maximum absolute atomic E-state index is 8.93. The number of nitrogens with zero attached hydrogens (tertiary/aromatic N) is 2. The molecule has 0 amide bonds. The van der Waals surface area contributed by atoms with Crippen molar-refractivity contribution in [1.29, 1.82) is 5.26 Å². The first kappa shape index (κ1) is 13.3. The molecule has 1 N–H and O–H groups in total. The maximum atomic E-state index is 8.93. The summed E-state index contributed by atoms with van der Waals surface area (Å²) in [5.41, 5.74) is 3.91. The molecule has 0 spiro atoms. The molecular formula is C16H17N3.